The number of rotatable bonds is 11. The Labute approximate surface area is 209 Å². The lowest BCUT2D eigenvalue weighted by Crippen LogP contribution is -2.22. The summed E-state index contributed by atoms with van der Waals surface area (Å²) in [5.41, 5.74) is 0.786. The maximum atomic E-state index is 12.7. The molecule has 0 saturated heterocycles. The van der Waals surface area contributed by atoms with E-state index < -0.39 is 34.6 Å². The van der Waals surface area contributed by atoms with Crippen molar-refractivity contribution in [3.63, 3.8) is 0 Å². The molecular formula is C25H25F2N5O5. The molecule has 0 aliphatic rings. The highest BCUT2D eigenvalue weighted by atomic mass is 19.3. The number of imidazole rings is 1. The molecule has 0 saturated carbocycles. The number of fused-ring (bicyclic) bond motifs is 1. The summed E-state index contributed by atoms with van der Waals surface area (Å²) >= 11 is 0. The number of hydrogen-bond acceptors (Lipinski definition) is 7. The van der Waals surface area contributed by atoms with Crippen LogP contribution in [-0.2, 0) is 12.8 Å². The fraction of sp³-hybridized carbons (Fsp3) is 0.320. The van der Waals surface area contributed by atoms with Gasteiger partial charge in [0.25, 0.3) is 5.56 Å². The lowest BCUT2D eigenvalue weighted by molar-refractivity contribution is -0.386. The first-order chi connectivity index (χ1) is 17.7. The predicted molar refractivity (Wildman–Crippen MR) is 131 cm³/mol. The Bertz CT molecular complexity index is 1440. The first-order valence-electron chi connectivity index (χ1n) is 11.6. The molecule has 0 fully saturated rings. The van der Waals surface area contributed by atoms with Crippen molar-refractivity contribution in [2.24, 2.45) is 0 Å². The van der Waals surface area contributed by atoms with Crippen molar-refractivity contribution in [1.82, 2.24) is 19.5 Å². The summed E-state index contributed by atoms with van der Waals surface area (Å²) in [6.07, 6.45) is 2.92. The van der Waals surface area contributed by atoms with Gasteiger partial charge < -0.3 is 19.4 Å². The second-order valence-electron chi connectivity index (χ2n) is 8.64. The maximum absolute atomic E-state index is 12.7. The van der Waals surface area contributed by atoms with Crippen molar-refractivity contribution in [1.29, 1.82) is 0 Å². The maximum Gasteiger partial charge on any atom is 0.387 e. The van der Waals surface area contributed by atoms with Gasteiger partial charge in [-0.2, -0.15) is 8.78 Å². The fourth-order valence-corrected chi connectivity index (χ4v) is 4.28. The molecule has 0 radical (unpaired) electrons. The standard InChI is InChI=1S/C25H25F2N5O5/c1-15(33)18(9-5-8-16-6-3-2-4-7-16)31-14-28-22-23(31)29-21(30-24(22)34)13-17-10-11-20(37-25(26)27)19(12-17)32(35)36/h2-4,6-7,10-12,14-15,18,25,33H,5,8-9,13H2,1H3,(H,29,30,34). The van der Waals surface area contributed by atoms with Crippen molar-refractivity contribution in [2.75, 3.05) is 0 Å². The first kappa shape index (κ1) is 25.9. The van der Waals surface area contributed by atoms with Crippen LogP contribution in [0.25, 0.3) is 11.2 Å². The monoisotopic (exact) mass is 513 g/mol. The molecule has 2 aromatic heterocycles. The highest BCUT2D eigenvalue weighted by molar-refractivity contribution is 5.69. The van der Waals surface area contributed by atoms with E-state index in [4.69, 9.17) is 0 Å². The number of aromatic nitrogens is 4. The largest absolute Gasteiger partial charge is 0.427 e. The van der Waals surface area contributed by atoms with Crippen molar-refractivity contribution in [2.45, 2.75) is 51.4 Å². The first-order valence-corrected chi connectivity index (χ1v) is 11.6. The topological polar surface area (TPSA) is 136 Å². The summed E-state index contributed by atoms with van der Waals surface area (Å²) in [6.45, 7) is -1.55. The molecule has 2 unspecified atom stereocenters. The quantitative estimate of drug-likeness (QED) is 0.227. The minimum atomic E-state index is -3.21. The van der Waals surface area contributed by atoms with E-state index in [0.29, 0.717) is 12.0 Å². The van der Waals surface area contributed by atoms with Gasteiger partial charge in [0.1, 0.15) is 5.82 Å². The molecule has 2 aromatic carbocycles. The predicted octanol–water partition coefficient (Wildman–Crippen LogP) is 4.16. The molecule has 0 aliphatic heterocycles. The van der Waals surface area contributed by atoms with E-state index in [1.165, 1.54) is 18.0 Å². The van der Waals surface area contributed by atoms with E-state index in [-0.39, 0.29) is 29.5 Å². The van der Waals surface area contributed by atoms with Crippen LogP contribution < -0.4 is 10.3 Å². The number of nitro groups is 1. The average molecular weight is 514 g/mol. The van der Waals surface area contributed by atoms with E-state index >= 15 is 0 Å². The molecule has 0 aliphatic carbocycles. The third-order valence-corrected chi connectivity index (χ3v) is 6.01. The van der Waals surface area contributed by atoms with E-state index in [0.717, 1.165) is 25.0 Å². The van der Waals surface area contributed by atoms with Crippen LogP contribution >= 0.6 is 0 Å². The number of halogens is 2. The second kappa shape index (κ2) is 11.2. The Hall–Kier alpha value is -4.19. The molecule has 2 N–H and O–H groups in total. The zero-order valence-corrected chi connectivity index (χ0v) is 19.9. The minimum absolute atomic E-state index is 0.0144. The molecule has 4 aromatic rings. The number of aliphatic hydroxyl groups excluding tert-OH is 1. The zero-order valence-electron chi connectivity index (χ0n) is 19.9. The Kier molecular flexibility index (Phi) is 7.87. The van der Waals surface area contributed by atoms with Gasteiger partial charge in [0, 0.05) is 12.5 Å². The van der Waals surface area contributed by atoms with Gasteiger partial charge >= 0.3 is 12.3 Å². The third kappa shape index (κ3) is 6.15. The number of nitrogens with one attached hydrogen (secondary N) is 1. The van der Waals surface area contributed by atoms with Crippen LogP contribution in [0.2, 0.25) is 0 Å². The third-order valence-electron chi connectivity index (χ3n) is 6.01. The van der Waals surface area contributed by atoms with Crippen molar-refractivity contribution < 1.29 is 23.5 Å². The van der Waals surface area contributed by atoms with Crippen molar-refractivity contribution in [3.05, 3.63) is 92.3 Å². The highest BCUT2D eigenvalue weighted by Crippen LogP contribution is 2.30. The Morgan fingerprint density at radius 2 is 1.95 bits per heavy atom. The number of benzene rings is 2. The van der Waals surface area contributed by atoms with Gasteiger partial charge in [0.2, 0.25) is 5.75 Å². The summed E-state index contributed by atoms with van der Waals surface area (Å²) in [5, 5.41) is 21.8. The van der Waals surface area contributed by atoms with E-state index in [1.54, 1.807) is 11.5 Å². The number of aliphatic hydroxyl groups is 1. The Morgan fingerprint density at radius 3 is 2.62 bits per heavy atom. The molecule has 12 heteroatoms. The van der Waals surface area contributed by atoms with Crippen molar-refractivity contribution in [3.8, 4) is 5.75 Å². The van der Waals surface area contributed by atoms with Crippen LogP contribution in [0.4, 0.5) is 14.5 Å². The SMILES string of the molecule is CC(O)C(CCCc1ccccc1)n1cnc2c(=O)[nH]c(Cc3ccc(OC(F)F)c([N+](=O)[O-])c3)nc21. The molecule has 0 bridgehead atoms. The zero-order chi connectivity index (χ0) is 26.5. The molecule has 194 valence electrons. The van der Waals surface area contributed by atoms with E-state index in [1.807, 2.05) is 30.3 Å². The number of aromatic amines is 1. The van der Waals surface area contributed by atoms with Crippen LogP contribution in [0, 0.1) is 10.1 Å². The molecule has 0 spiro atoms. The van der Waals surface area contributed by atoms with Crippen LogP contribution in [0.15, 0.2) is 59.7 Å². The molecule has 10 nitrogen and oxygen atoms in total. The number of ether oxygens (including phenoxy) is 1. The Balaban J connectivity index is 1.61. The van der Waals surface area contributed by atoms with Gasteiger partial charge in [-0.3, -0.25) is 14.9 Å². The fourth-order valence-electron chi connectivity index (χ4n) is 4.28. The number of aryl methyl sites for hydroxylation is 1. The van der Waals surface area contributed by atoms with E-state index in [2.05, 4.69) is 19.7 Å². The summed E-state index contributed by atoms with van der Waals surface area (Å²) in [7, 11) is 0. The average Bonchev–Trinajstić information content (AvgIpc) is 3.27. The minimum Gasteiger partial charge on any atom is -0.427 e. The molecule has 2 atom stereocenters. The number of hydrogen-bond donors (Lipinski definition) is 2. The summed E-state index contributed by atoms with van der Waals surface area (Å²) < 4.78 is 31.0. The van der Waals surface area contributed by atoms with Crippen LogP contribution in [-0.4, -0.2) is 42.3 Å². The molecule has 37 heavy (non-hydrogen) atoms. The smallest absolute Gasteiger partial charge is 0.387 e. The Morgan fingerprint density at radius 1 is 1.19 bits per heavy atom. The van der Waals surface area contributed by atoms with Crippen molar-refractivity contribution >= 4 is 16.9 Å². The number of nitro benzene ring substituents is 1. The van der Waals surface area contributed by atoms with Gasteiger partial charge in [-0.05, 0) is 43.4 Å². The summed E-state index contributed by atoms with van der Waals surface area (Å²) in [5.74, 6) is -0.362. The van der Waals surface area contributed by atoms with Gasteiger partial charge in [-0.1, -0.05) is 36.4 Å². The number of nitrogens with zero attached hydrogens (tertiary/aromatic N) is 4. The van der Waals surface area contributed by atoms with Gasteiger partial charge in [0.05, 0.1) is 23.4 Å². The summed E-state index contributed by atoms with van der Waals surface area (Å²) in [6, 6.07) is 13.1. The van der Waals surface area contributed by atoms with Gasteiger partial charge in [-0.15, -0.1) is 0 Å². The highest BCUT2D eigenvalue weighted by Gasteiger charge is 2.23. The number of H-pyrrole nitrogens is 1. The lowest BCUT2D eigenvalue weighted by Gasteiger charge is -2.22. The molecule has 2 heterocycles. The lowest BCUT2D eigenvalue weighted by atomic mass is 10.0. The molecular weight excluding hydrogens is 488 g/mol. The van der Waals surface area contributed by atoms with Crippen LogP contribution in [0.3, 0.4) is 0 Å². The van der Waals surface area contributed by atoms with Crippen LogP contribution in [0.5, 0.6) is 5.75 Å². The molecule has 4 rings (SSSR count). The number of alkyl halides is 2. The normalized spacial score (nSPS) is 13.1. The summed E-state index contributed by atoms with van der Waals surface area (Å²) in [4.78, 5) is 34.5. The second-order valence-corrected chi connectivity index (χ2v) is 8.64. The van der Waals surface area contributed by atoms with E-state index in [9.17, 15) is 28.8 Å². The molecule has 0 amide bonds. The van der Waals surface area contributed by atoms with Gasteiger partial charge in [0.15, 0.2) is 11.2 Å². The van der Waals surface area contributed by atoms with Gasteiger partial charge in [-0.25, -0.2) is 9.97 Å². The van der Waals surface area contributed by atoms with Crippen LogP contribution in [0.1, 0.15) is 42.8 Å².